The number of carbonyl (C=O) groups excluding carboxylic acids is 1. The van der Waals surface area contributed by atoms with Crippen LogP contribution in [0.3, 0.4) is 0 Å². The van der Waals surface area contributed by atoms with E-state index in [9.17, 15) is 4.79 Å². The standard InChI is InChI=1S/C15H20ClN3O/c1-17-8-11-12(16)5-2-6-13(11)19-7-3-4-10-14(19)9-18-15(10)20/h2,5-6,10,14,17H,3-4,7-9H2,1H3,(H,18,20). The lowest BCUT2D eigenvalue weighted by molar-refractivity contribution is -0.122. The summed E-state index contributed by atoms with van der Waals surface area (Å²) in [6, 6.07) is 6.30. The van der Waals surface area contributed by atoms with Crippen molar-refractivity contribution in [3.05, 3.63) is 28.8 Å². The van der Waals surface area contributed by atoms with Crippen LogP contribution < -0.4 is 15.5 Å². The van der Waals surface area contributed by atoms with Gasteiger partial charge < -0.3 is 15.5 Å². The van der Waals surface area contributed by atoms with Gasteiger partial charge in [-0.05, 0) is 32.0 Å². The van der Waals surface area contributed by atoms with Crippen LogP contribution in [0, 0.1) is 5.92 Å². The molecule has 2 N–H and O–H groups in total. The van der Waals surface area contributed by atoms with E-state index in [0.717, 1.165) is 48.7 Å². The second kappa shape index (κ2) is 5.62. The molecule has 1 aromatic carbocycles. The van der Waals surface area contributed by atoms with E-state index in [0.29, 0.717) is 0 Å². The monoisotopic (exact) mass is 293 g/mol. The summed E-state index contributed by atoms with van der Waals surface area (Å²) < 4.78 is 0. The number of carbonyl (C=O) groups is 1. The van der Waals surface area contributed by atoms with Crippen molar-refractivity contribution in [1.82, 2.24) is 10.6 Å². The van der Waals surface area contributed by atoms with E-state index >= 15 is 0 Å². The Labute approximate surface area is 124 Å². The third-order valence-electron chi connectivity index (χ3n) is 4.36. The first kappa shape index (κ1) is 13.7. The largest absolute Gasteiger partial charge is 0.366 e. The summed E-state index contributed by atoms with van der Waals surface area (Å²) in [6.45, 7) is 2.48. The van der Waals surface area contributed by atoms with Crippen molar-refractivity contribution >= 4 is 23.2 Å². The second-order valence-corrected chi connectivity index (χ2v) is 5.93. The molecule has 0 aliphatic carbocycles. The Bertz CT molecular complexity index is 520. The molecule has 2 aliphatic rings. The van der Waals surface area contributed by atoms with Gasteiger partial charge in [-0.1, -0.05) is 17.7 Å². The topological polar surface area (TPSA) is 44.4 Å². The molecule has 0 saturated carbocycles. The predicted molar refractivity (Wildman–Crippen MR) is 81.1 cm³/mol. The summed E-state index contributed by atoms with van der Waals surface area (Å²) in [4.78, 5) is 14.3. The van der Waals surface area contributed by atoms with Gasteiger partial charge in [-0.3, -0.25) is 4.79 Å². The van der Waals surface area contributed by atoms with Crippen LogP contribution in [-0.4, -0.2) is 32.1 Å². The molecule has 2 fully saturated rings. The van der Waals surface area contributed by atoms with E-state index in [1.165, 1.54) is 0 Å². The van der Waals surface area contributed by atoms with E-state index < -0.39 is 0 Å². The Kier molecular flexibility index (Phi) is 3.85. The molecule has 2 unspecified atom stereocenters. The lowest BCUT2D eigenvalue weighted by Crippen LogP contribution is -2.46. The minimum absolute atomic E-state index is 0.130. The second-order valence-electron chi connectivity index (χ2n) is 5.52. The highest BCUT2D eigenvalue weighted by atomic mass is 35.5. The number of halogens is 1. The van der Waals surface area contributed by atoms with Crippen LogP contribution in [0.1, 0.15) is 18.4 Å². The van der Waals surface area contributed by atoms with Gasteiger partial charge in [-0.25, -0.2) is 0 Å². The van der Waals surface area contributed by atoms with Crippen LogP contribution in [0.15, 0.2) is 18.2 Å². The molecule has 5 heteroatoms. The van der Waals surface area contributed by atoms with Crippen molar-refractivity contribution < 1.29 is 4.79 Å². The maximum atomic E-state index is 11.9. The minimum atomic E-state index is 0.130. The molecule has 3 rings (SSSR count). The number of piperidine rings is 1. The number of hydrogen-bond acceptors (Lipinski definition) is 3. The average Bonchev–Trinajstić information content (AvgIpc) is 2.83. The summed E-state index contributed by atoms with van der Waals surface area (Å²) in [7, 11) is 1.92. The van der Waals surface area contributed by atoms with Crippen molar-refractivity contribution in [2.24, 2.45) is 5.92 Å². The SMILES string of the molecule is CNCc1c(Cl)cccc1N1CCCC2C(=O)NCC21. The Morgan fingerprint density at radius 1 is 1.50 bits per heavy atom. The van der Waals surface area contributed by atoms with Crippen molar-refractivity contribution in [3.8, 4) is 0 Å². The molecule has 0 aromatic heterocycles. The molecule has 2 atom stereocenters. The quantitative estimate of drug-likeness (QED) is 0.893. The van der Waals surface area contributed by atoms with Gasteiger partial charge in [-0.2, -0.15) is 0 Å². The van der Waals surface area contributed by atoms with Crippen LogP contribution in [0.4, 0.5) is 5.69 Å². The molecular weight excluding hydrogens is 274 g/mol. The van der Waals surface area contributed by atoms with E-state index in [1.807, 2.05) is 19.2 Å². The lowest BCUT2D eigenvalue weighted by Gasteiger charge is -2.39. The number of benzene rings is 1. The van der Waals surface area contributed by atoms with Gasteiger partial charge in [-0.15, -0.1) is 0 Å². The Morgan fingerprint density at radius 2 is 2.35 bits per heavy atom. The summed E-state index contributed by atoms with van der Waals surface area (Å²) in [6.07, 6.45) is 2.05. The fourth-order valence-corrected chi connectivity index (χ4v) is 3.66. The summed E-state index contributed by atoms with van der Waals surface area (Å²) >= 11 is 6.35. The molecule has 108 valence electrons. The predicted octanol–water partition coefficient (Wildman–Crippen LogP) is 1.77. The summed E-state index contributed by atoms with van der Waals surface area (Å²) in [5.74, 6) is 0.335. The molecule has 0 radical (unpaired) electrons. The normalized spacial score (nSPS) is 25.5. The number of hydrogen-bond donors (Lipinski definition) is 2. The molecule has 2 saturated heterocycles. The molecule has 1 amide bonds. The molecule has 2 heterocycles. The Morgan fingerprint density at radius 3 is 3.15 bits per heavy atom. The first-order chi connectivity index (χ1) is 9.72. The number of rotatable bonds is 3. The van der Waals surface area contributed by atoms with Gasteiger partial charge >= 0.3 is 0 Å². The highest BCUT2D eigenvalue weighted by Gasteiger charge is 2.41. The first-order valence-electron chi connectivity index (χ1n) is 7.18. The number of amides is 1. The van der Waals surface area contributed by atoms with Crippen molar-refractivity contribution in [2.75, 3.05) is 25.0 Å². The van der Waals surface area contributed by atoms with Gasteiger partial charge in [0.1, 0.15) is 0 Å². The summed E-state index contributed by atoms with van der Waals surface area (Å²) in [5, 5.41) is 6.97. The maximum absolute atomic E-state index is 11.9. The van der Waals surface area contributed by atoms with Crippen molar-refractivity contribution in [1.29, 1.82) is 0 Å². The number of anilines is 1. The number of nitrogens with one attached hydrogen (secondary N) is 2. The average molecular weight is 294 g/mol. The van der Waals surface area contributed by atoms with Gasteiger partial charge in [0.05, 0.1) is 12.0 Å². The van der Waals surface area contributed by atoms with Crippen LogP contribution in [0.25, 0.3) is 0 Å². The molecule has 0 bridgehead atoms. The molecule has 20 heavy (non-hydrogen) atoms. The van der Waals surface area contributed by atoms with Crippen LogP contribution in [0.5, 0.6) is 0 Å². The fourth-order valence-electron chi connectivity index (χ4n) is 3.42. The molecular formula is C15H20ClN3O. The third kappa shape index (κ3) is 2.27. The minimum Gasteiger partial charge on any atom is -0.366 e. The molecule has 1 aromatic rings. The van der Waals surface area contributed by atoms with Gasteiger partial charge in [0.2, 0.25) is 5.91 Å². The van der Waals surface area contributed by atoms with Crippen LogP contribution >= 0.6 is 11.6 Å². The van der Waals surface area contributed by atoms with E-state index in [-0.39, 0.29) is 17.9 Å². The van der Waals surface area contributed by atoms with E-state index in [4.69, 9.17) is 11.6 Å². The van der Waals surface area contributed by atoms with E-state index in [1.54, 1.807) is 0 Å². The van der Waals surface area contributed by atoms with Crippen molar-refractivity contribution in [3.63, 3.8) is 0 Å². The number of fused-ring (bicyclic) bond motifs is 1. The zero-order chi connectivity index (χ0) is 14.1. The lowest BCUT2D eigenvalue weighted by atomic mass is 9.90. The zero-order valence-corrected chi connectivity index (χ0v) is 12.4. The third-order valence-corrected chi connectivity index (χ3v) is 4.71. The van der Waals surface area contributed by atoms with Gasteiger partial charge in [0, 0.05) is 35.9 Å². The van der Waals surface area contributed by atoms with E-state index in [2.05, 4.69) is 21.6 Å². The smallest absolute Gasteiger partial charge is 0.225 e. The van der Waals surface area contributed by atoms with Gasteiger partial charge in [0.25, 0.3) is 0 Å². The first-order valence-corrected chi connectivity index (χ1v) is 7.56. The van der Waals surface area contributed by atoms with Crippen LogP contribution in [0.2, 0.25) is 5.02 Å². The Balaban J connectivity index is 1.96. The summed E-state index contributed by atoms with van der Waals surface area (Å²) in [5.41, 5.74) is 2.29. The van der Waals surface area contributed by atoms with Gasteiger partial charge in [0.15, 0.2) is 0 Å². The fraction of sp³-hybridized carbons (Fsp3) is 0.533. The molecule has 0 spiro atoms. The zero-order valence-electron chi connectivity index (χ0n) is 11.7. The Hall–Kier alpha value is -1.26. The van der Waals surface area contributed by atoms with Crippen LogP contribution in [-0.2, 0) is 11.3 Å². The highest BCUT2D eigenvalue weighted by molar-refractivity contribution is 6.31. The molecule has 4 nitrogen and oxygen atoms in total. The maximum Gasteiger partial charge on any atom is 0.225 e. The highest BCUT2D eigenvalue weighted by Crippen LogP contribution is 2.35. The molecule has 2 aliphatic heterocycles. The number of nitrogens with zero attached hydrogens (tertiary/aromatic N) is 1. The van der Waals surface area contributed by atoms with Crippen molar-refractivity contribution in [2.45, 2.75) is 25.4 Å².